The topological polar surface area (TPSA) is 53.0 Å². The second-order valence-electron chi connectivity index (χ2n) is 7.17. The SMILES string of the molecule is CC(=O)c1cccc(OCC(O)CN2CCN(c3ccc(C)cc3)CC2)c1. The van der Waals surface area contributed by atoms with Crippen LogP contribution in [-0.2, 0) is 0 Å². The van der Waals surface area contributed by atoms with Crippen LogP contribution < -0.4 is 9.64 Å². The normalized spacial score (nSPS) is 16.2. The minimum absolute atomic E-state index is 0.00689. The number of aliphatic hydroxyl groups is 1. The smallest absolute Gasteiger partial charge is 0.159 e. The summed E-state index contributed by atoms with van der Waals surface area (Å²) in [5.74, 6) is 0.624. The van der Waals surface area contributed by atoms with Gasteiger partial charge in [0.1, 0.15) is 18.5 Å². The van der Waals surface area contributed by atoms with Crippen molar-refractivity contribution in [1.82, 2.24) is 4.90 Å². The van der Waals surface area contributed by atoms with Crippen LogP contribution in [0.4, 0.5) is 5.69 Å². The Balaban J connectivity index is 1.43. The van der Waals surface area contributed by atoms with Gasteiger partial charge in [-0.2, -0.15) is 0 Å². The van der Waals surface area contributed by atoms with E-state index in [9.17, 15) is 9.90 Å². The van der Waals surface area contributed by atoms with Crippen molar-refractivity contribution in [2.24, 2.45) is 0 Å². The maximum absolute atomic E-state index is 11.4. The highest BCUT2D eigenvalue weighted by molar-refractivity contribution is 5.94. The summed E-state index contributed by atoms with van der Waals surface area (Å²) in [6.45, 7) is 8.20. The number of aliphatic hydroxyl groups excluding tert-OH is 1. The number of carbonyl (C=O) groups excluding carboxylic acids is 1. The standard InChI is InChI=1S/C22H28N2O3/c1-17-6-8-20(9-7-17)24-12-10-23(11-13-24)15-21(26)16-27-22-5-3-4-19(14-22)18(2)25/h3-9,14,21,26H,10-13,15-16H2,1-2H3. The maximum atomic E-state index is 11.4. The van der Waals surface area contributed by atoms with Gasteiger partial charge in [0.15, 0.2) is 5.78 Å². The number of ether oxygens (including phenoxy) is 1. The Bertz CT molecular complexity index is 752. The summed E-state index contributed by atoms with van der Waals surface area (Å²) in [6.07, 6.45) is -0.558. The summed E-state index contributed by atoms with van der Waals surface area (Å²) >= 11 is 0. The molecule has 1 saturated heterocycles. The van der Waals surface area contributed by atoms with Gasteiger partial charge >= 0.3 is 0 Å². The van der Waals surface area contributed by atoms with Crippen molar-refractivity contribution in [3.63, 3.8) is 0 Å². The van der Waals surface area contributed by atoms with Gasteiger partial charge in [-0.05, 0) is 38.1 Å². The van der Waals surface area contributed by atoms with Crippen molar-refractivity contribution in [2.75, 3.05) is 44.2 Å². The van der Waals surface area contributed by atoms with E-state index < -0.39 is 6.10 Å². The molecule has 144 valence electrons. The van der Waals surface area contributed by atoms with E-state index in [1.54, 1.807) is 24.3 Å². The number of anilines is 1. The number of benzene rings is 2. The molecule has 2 aromatic rings. The molecule has 0 bridgehead atoms. The fourth-order valence-corrected chi connectivity index (χ4v) is 3.29. The highest BCUT2D eigenvalue weighted by Crippen LogP contribution is 2.18. The molecule has 1 unspecified atom stereocenters. The van der Waals surface area contributed by atoms with Crippen LogP contribution in [0.15, 0.2) is 48.5 Å². The first kappa shape index (κ1) is 19.4. The molecule has 1 heterocycles. The lowest BCUT2D eigenvalue weighted by Crippen LogP contribution is -2.49. The van der Waals surface area contributed by atoms with E-state index in [1.165, 1.54) is 18.2 Å². The molecule has 1 atom stereocenters. The van der Waals surface area contributed by atoms with Crippen LogP contribution >= 0.6 is 0 Å². The molecule has 1 aliphatic heterocycles. The van der Waals surface area contributed by atoms with E-state index in [1.807, 2.05) is 0 Å². The second kappa shape index (κ2) is 9.02. The molecule has 0 aliphatic carbocycles. The zero-order chi connectivity index (χ0) is 19.2. The molecule has 1 N–H and O–H groups in total. The zero-order valence-electron chi connectivity index (χ0n) is 16.1. The molecule has 1 fully saturated rings. The zero-order valence-corrected chi connectivity index (χ0v) is 16.1. The van der Waals surface area contributed by atoms with E-state index in [2.05, 4.69) is 41.0 Å². The minimum Gasteiger partial charge on any atom is -0.491 e. The highest BCUT2D eigenvalue weighted by atomic mass is 16.5. The Morgan fingerprint density at radius 2 is 1.81 bits per heavy atom. The molecule has 0 amide bonds. The lowest BCUT2D eigenvalue weighted by molar-refractivity contribution is 0.0663. The van der Waals surface area contributed by atoms with Gasteiger partial charge < -0.3 is 14.7 Å². The fourth-order valence-electron chi connectivity index (χ4n) is 3.29. The summed E-state index contributed by atoms with van der Waals surface area (Å²) < 4.78 is 5.66. The lowest BCUT2D eigenvalue weighted by atomic mass is 10.1. The molecule has 5 nitrogen and oxygen atoms in total. The molecule has 3 rings (SSSR count). The van der Waals surface area contributed by atoms with Crippen molar-refractivity contribution in [2.45, 2.75) is 20.0 Å². The van der Waals surface area contributed by atoms with Crippen LogP contribution in [0.5, 0.6) is 5.75 Å². The third-order valence-corrected chi connectivity index (χ3v) is 4.92. The Labute approximate surface area is 161 Å². The maximum Gasteiger partial charge on any atom is 0.159 e. The first-order valence-corrected chi connectivity index (χ1v) is 9.47. The molecule has 27 heavy (non-hydrogen) atoms. The van der Waals surface area contributed by atoms with Crippen LogP contribution in [0, 0.1) is 6.92 Å². The van der Waals surface area contributed by atoms with Gasteiger partial charge in [-0.25, -0.2) is 0 Å². The van der Waals surface area contributed by atoms with Crippen LogP contribution in [-0.4, -0.2) is 61.2 Å². The van der Waals surface area contributed by atoms with Gasteiger partial charge in [-0.1, -0.05) is 29.8 Å². The number of β-amino-alcohol motifs (C(OH)–C–C–N with tert-alkyl or cyclic N) is 1. The Morgan fingerprint density at radius 3 is 2.48 bits per heavy atom. The van der Waals surface area contributed by atoms with Crippen LogP contribution in [0.2, 0.25) is 0 Å². The predicted molar refractivity (Wildman–Crippen MR) is 108 cm³/mol. The molecular formula is C22H28N2O3. The summed E-state index contributed by atoms with van der Waals surface area (Å²) in [5.41, 5.74) is 3.15. The number of hydrogen-bond donors (Lipinski definition) is 1. The Hall–Kier alpha value is -2.37. The number of rotatable bonds is 7. The van der Waals surface area contributed by atoms with Crippen molar-refractivity contribution < 1.29 is 14.6 Å². The molecule has 2 aromatic carbocycles. The predicted octanol–water partition coefficient (Wildman–Crippen LogP) is 2.76. The summed E-state index contributed by atoms with van der Waals surface area (Å²) in [4.78, 5) is 16.1. The monoisotopic (exact) mass is 368 g/mol. The van der Waals surface area contributed by atoms with Crippen molar-refractivity contribution in [3.8, 4) is 5.75 Å². The first-order chi connectivity index (χ1) is 13.0. The second-order valence-corrected chi connectivity index (χ2v) is 7.17. The Kier molecular flexibility index (Phi) is 6.48. The molecule has 0 saturated carbocycles. The van der Waals surface area contributed by atoms with Gasteiger partial charge in [0.05, 0.1) is 0 Å². The van der Waals surface area contributed by atoms with Gasteiger partial charge in [0.25, 0.3) is 0 Å². The third-order valence-electron chi connectivity index (χ3n) is 4.92. The minimum atomic E-state index is -0.558. The number of ketones is 1. The summed E-state index contributed by atoms with van der Waals surface area (Å²) in [6, 6.07) is 15.7. The first-order valence-electron chi connectivity index (χ1n) is 9.47. The van der Waals surface area contributed by atoms with Crippen LogP contribution in [0.3, 0.4) is 0 Å². The van der Waals surface area contributed by atoms with Crippen LogP contribution in [0.25, 0.3) is 0 Å². The molecule has 5 heteroatoms. The number of Topliss-reactive ketones (excluding diaryl/α,β-unsaturated/α-hetero) is 1. The van der Waals surface area contributed by atoms with Gasteiger partial charge in [-0.3, -0.25) is 9.69 Å². The van der Waals surface area contributed by atoms with Gasteiger partial charge in [0.2, 0.25) is 0 Å². The molecule has 0 radical (unpaired) electrons. The number of nitrogens with zero attached hydrogens (tertiary/aromatic N) is 2. The molecule has 0 spiro atoms. The summed E-state index contributed by atoms with van der Waals surface area (Å²) in [5, 5.41) is 10.3. The molecule has 0 aromatic heterocycles. The van der Waals surface area contributed by atoms with Crippen molar-refractivity contribution in [3.05, 3.63) is 59.7 Å². The third kappa shape index (κ3) is 5.55. The molecule has 1 aliphatic rings. The van der Waals surface area contributed by atoms with Gasteiger partial charge in [-0.15, -0.1) is 0 Å². The average molecular weight is 368 g/mol. The van der Waals surface area contributed by atoms with E-state index >= 15 is 0 Å². The van der Waals surface area contributed by atoms with Gasteiger partial charge in [0, 0.05) is 44.0 Å². The Morgan fingerprint density at radius 1 is 1.11 bits per heavy atom. The van der Waals surface area contributed by atoms with E-state index in [0.29, 0.717) is 17.9 Å². The number of carbonyl (C=O) groups is 1. The largest absolute Gasteiger partial charge is 0.491 e. The quantitative estimate of drug-likeness (QED) is 0.762. The molecular weight excluding hydrogens is 340 g/mol. The van der Waals surface area contributed by atoms with Crippen molar-refractivity contribution in [1.29, 1.82) is 0 Å². The summed E-state index contributed by atoms with van der Waals surface area (Å²) in [7, 11) is 0. The number of piperazine rings is 1. The van der Waals surface area contributed by atoms with E-state index in [0.717, 1.165) is 26.2 Å². The average Bonchev–Trinajstić information content (AvgIpc) is 2.68. The highest BCUT2D eigenvalue weighted by Gasteiger charge is 2.19. The number of hydrogen-bond acceptors (Lipinski definition) is 5. The fraction of sp³-hybridized carbons (Fsp3) is 0.409. The van der Waals surface area contributed by atoms with Crippen molar-refractivity contribution >= 4 is 11.5 Å². The van der Waals surface area contributed by atoms with E-state index in [4.69, 9.17) is 4.74 Å². The van der Waals surface area contributed by atoms with E-state index in [-0.39, 0.29) is 12.4 Å². The number of aryl methyl sites for hydroxylation is 1. The van der Waals surface area contributed by atoms with Crippen LogP contribution in [0.1, 0.15) is 22.8 Å². The lowest BCUT2D eigenvalue weighted by Gasteiger charge is -2.36.